The van der Waals surface area contributed by atoms with E-state index >= 15 is 0 Å². The van der Waals surface area contributed by atoms with Crippen LogP contribution in [0.15, 0.2) is 24.3 Å². The molecule has 1 N–H and O–H groups in total. The fraction of sp³-hybridized carbons (Fsp3) is 0.250. The Morgan fingerprint density at radius 3 is 2.59 bits per heavy atom. The van der Waals surface area contributed by atoms with Crippen LogP contribution >= 0.6 is 0 Å². The van der Waals surface area contributed by atoms with Crippen LogP contribution in [0.2, 0.25) is 0 Å². The van der Waals surface area contributed by atoms with Crippen LogP contribution in [-0.4, -0.2) is 12.5 Å². The predicted octanol–water partition coefficient (Wildman–Crippen LogP) is 2.46. The standard InChI is InChI=1S/C12H10F3NO/c1-2-3-8-16-11(17)9-6-4-5-7-10(9)12(13,14)15/h1,4-7H,3,8H2,(H,16,17). The summed E-state index contributed by atoms with van der Waals surface area (Å²) in [6, 6.07) is 4.62. The van der Waals surface area contributed by atoms with Crippen molar-refractivity contribution in [2.75, 3.05) is 6.54 Å². The van der Waals surface area contributed by atoms with Crippen LogP contribution in [-0.2, 0) is 6.18 Å². The lowest BCUT2D eigenvalue weighted by Gasteiger charge is -2.12. The second kappa shape index (κ2) is 5.39. The van der Waals surface area contributed by atoms with Crippen LogP contribution in [0, 0.1) is 12.3 Å². The van der Waals surface area contributed by atoms with Crippen molar-refractivity contribution in [3.05, 3.63) is 35.4 Å². The van der Waals surface area contributed by atoms with Gasteiger partial charge in [-0.05, 0) is 12.1 Å². The molecule has 0 fully saturated rings. The summed E-state index contributed by atoms with van der Waals surface area (Å²) in [4.78, 5) is 11.5. The Hall–Kier alpha value is -1.96. The summed E-state index contributed by atoms with van der Waals surface area (Å²) in [7, 11) is 0. The van der Waals surface area contributed by atoms with Crippen molar-refractivity contribution in [1.82, 2.24) is 5.32 Å². The lowest BCUT2D eigenvalue weighted by molar-refractivity contribution is -0.137. The number of rotatable bonds is 3. The Morgan fingerprint density at radius 1 is 1.35 bits per heavy atom. The molecule has 1 aromatic carbocycles. The average molecular weight is 241 g/mol. The van der Waals surface area contributed by atoms with Crippen LogP contribution in [0.1, 0.15) is 22.3 Å². The van der Waals surface area contributed by atoms with Crippen molar-refractivity contribution in [1.29, 1.82) is 0 Å². The van der Waals surface area contributed by atoms with Gasteiger partial charge in [-0.15, -0.1) is 12.3 Å². The zero-order valence-corrected chi connectivity index (χ0v) is 8.84. The largest absolute Gasteiger partial charge is 0.417 e. The van der Waals surface area contributed by atoms with Gasteiger partial charge < -0.3 is 5.32 Å². The molecule has 1 rings (SSSR count). The van der Waals surface area contributed by atoms with Crippen LogP contribution in [0.25, 0.3) is 0 Å². The van der Waals surface area contributed by atoms with E-state index in [1.54, 1.807) is 0 Å². The van der Waals surface area contributed by atoms with E-state index in [0.29, 0.717) is 0 Å². The topological polar surface area (TPSA) is 29.1 Å². The molecule has 0 heterocycles. The third-order valence-corrected chi connectivity index (χ3v) is 2.03. The lowest BCUT2D eigenvalue weighted by Crippen LogP contribution is -2.26. The number of nitrogens with one attached hydrogen (secondary N) is 1. The van der Waals surface area contributed by atoms with Crippen molar-refractivity contribution in [2.45, 2.75) is 12.6 Å². The Balaban J connectivity index is 2.91. The molecule has 0 atom stereocenters. The van der Waals surface area contributed by atoms with E-state index in [9.17, 15) is 18.0 Å². The Bertz CT molecular complexity index is 446. The van der Waals surface area contributed by atoms with E-state index in [4.69, 9.17) is 6.42 Å². The maximum absolute atomic E-state index is 12.6. The van der Waals surface area contributed by atoms with Gasteiger partial charge in [-0.1, -0.05) is 12.1 Å². The van der Waals surface area contributed by atoms with E-state index in [1.807, 2.05) is 0 Å². The molecule has 0 aliphatic heterocycles. The zero-order valence-electron chi connectivity index (χ0n) is 8.84. The molecule has 1 amide bonds. The first-order valence-corrected chi connectivity index (χ1v) is 4.84. The van der Waals surface area contributed by atoms with Crippen molar-refractivity contribution in [2.24, 2.45) is 0 Å². The molecular weight excluding hydrogens is 231 g/mol. The Labute approximate surface area is 96.8 Å². The third kappa shape index (κ3) is 3.52. The van der Waals surface area contributed by atoms with Crippen molar-refractivity contribution >= 4 is 5.91 Å². The van der Waals surface area contributed by atoms with Gasteiger partial charge >= 0.3 is 6.18 Å². The van der Waals surface area contributed by atoms with Gasteiger partial charge in [-0.25, -0.2) is 0 Å². The number of hydrogen-bond acceptors (Lipinski definition) is 1. The predicted molar refractivity (Wildman–Crippen MR) is 57.2 cm³/mol. The fourth-order valence-electron chi connectivity index (χ4n) is 1.27. The van der Waals surface area contributed by atoms with Gasteiger partial charge in [0.05, 0.1) is 11.1 Å². The molecule has 0 unspecified atom stereocenters. The van der Waals surface area contributed by atoms with Crippen LogP contribution in [0.5, 0.6) is 0 Å². The third-order valence-electron chi connectivity index (χ3n) is 2.03. The maximum atomic E-state index is 12.6. The summed E-state index contributed by atoms with van der Waals surface area (Å²) in [6.07, 6.45) is 0.707. The summed E-state index contributed by atoms with van der Waals surface area (Å²) >= 11 is 0. The van der Waals surface area contributed by atoms with E-state index in [1.165, 1.54) is 12.1 Å². The average Bonchev–Trinajstić information content (AvgIpc) is 2.28. The zero-order chi connectivity index (χ0) is 12.9. The molecule has 0 aliphatic carbocycles. The normalized spacial score (nSPS) is 10.7. The molecular formula is C12H10F3NO. The summed E-state index contributed by atoms with van der Waals surface area (Å²) < 4.78 is 37.8. The minimum absolute atomic E-state index is 0.154. The number of hydrogen-bond donors (Lipinski definition) is 1. The van der Waals surface area contributed by atoms with Gasteiger partial charge in [0.1, 0.15) is 0 Å². The van der Waals surface area contributed by atoms with Gasteiger partial charge in [0.15, 0.2) is 0 Å². The smallest absolute Gasteiger partial charge is 0.351 e. The fourth-order valence-corrected chi connectivity index (χ4v) is 1.27. The lowest BCUT2D eigenvalue weighted by atomic mass is 10.1. The molecule has 0 aliphatic rings. The van der Waals surface area contributed by atoms with Gasteiger partial charge in [0, 0.05) is 13.0 Å². The van der Waals surface area contributed by atoms with Gasteiger partial charge in [0.2, 0.25) is 0 Å². The van der Waals surface area contributed by atoms with Gasteiger partial charge in [-0.3, -0.25) is 4.79 Å². The molecule has 5 heteroatoms. The quantitative estimate of drug-likeness (QED) is 0.639. The summed E-state index contributed by atoms with van der Waals surface area (Å²) in [6.45, 7) is 0.154. The summed E-state index contributed by atoms with van der Waals surface area (Å²) in [5.74, 6) is 1.51. The highest BCUT2D eigenvalue weighted by Gasteiger charge is 2.34. The van der Waals surface area contributed by atoms with Crippen LogP contribution in [0.4, 0.5) is 13.2 Å². The molecule has 0 spiro atoms. The number of amides is 1. The Morgan fingerprint density at radius 2 is 2.00 bits per heavy atom. The van der Waals surface area contributed by atoms with E-state index in [-0.39, 0.29) is 13.0 Å². The van der Waals surface area contributed by atoms with Gasteiger partial charge in [0.25, 0.3) is 5.91 Å². The van der Waals surface area contributed by atoms with Gasteiger partial charge in [-0.2, -0.15) is 13.2 Å². The Kier molecular flexibility index (Phi) is 4.16. The number of carbonyl (C=O) groups excluding carboxylic acids is 1. The first kappa shape index (κ1) is 13.1. The SMILES string of the molecule is C#CCCNC(=O)c1ccccc1C(F)(F)F. The number of terminal acetylenes is 1. The molecule has 0 saturated heterocycles. The molecule has 17 heavy (non-hydrogen) atoms. The summed E-state index contributed by atoms with van der Waals surface area (Å²) in [5, 5.41) is 2.33. The molecule has 0 saturated carbocycles. The minimum atomic E-state index is -4.54. The van der Waals surface area contributed by atoms with Crippen molar-refractivity contribution in [3.63, 3.8) is 0 Å². The number of benzene rings is 1. The molecule has 0 bridgehead atoms. The second-order valence-electron chi connectivity index (χ2n) is 3.25. The van der Waals surface area contributed by atoms with E-state index in [0.717, 1.165) is 12.1 Å². The minimum Gasteiger partial charge on any atom is -0.351 e. The summed E-state index contributed by atoms with van der Waals surface area (Å²) in [5.41, 5.74) is -1.34. The molecule has 90 valence electrons. The highest BCUT2D eigenvalue weighted by Crippen LogP contribution is 2.31. The maximum Gasteiger partial charge on any atom is 0.417 e. The first-order valence-electron chi connectivity index (χ1n) is 4.84. The molecule has 2 nitrogen and oxygen atoms in total. The second-order valence-corrected chi connectivity index (χ2v) is 3.25. The molecule has 0 radical (unpaired) electrons. The van der Waals surface area contributed by atoms with Crippen LogP contribution < -0.4 is 5.32 Å². The van der Waals surface area contributed by atoms with Crippen LogP contribution in [0.3, 0.4) is 0 Å². The number of carbonyl (C=O) groups is 1. The highest BCUT2D eigenvalue weighted by atomic mass is 19.4. The number of halogens is 3. The van der Waals surface area contributed by atoms with Crippen molar-refractivity contribution in [3.8, 4) is 12.3 Å². The number of alkyl halides is 3. The molecule has 1 aromatic rings. The highest BCUT2D eigenvalue weighted by molar-refractivity contribution is 5.95. The first-order chi connectivity index (χ1) is 7.96. The van der Waals surface area contributed by atoms with E-state index < -0.39 is 23.2 Å². The molecule has 0 aromatic heterocycles. The monoisotopic (exact) mass is 241 g/mol. The van der Waals surface area contributed by atoms with Crippen molar-refractivity contribution < 1.29 is 18.0 Å². The van der Waals surface area contributed by atoms with E-state index in [2.05, 4.69) is 11.2 Å².